The smallest absolute Gasteiger partial charge is 0.320 e. The van der Waals surface area contributed by atoms with Crippen LogP contribution in [0.15, 0.2) is 11.4 Å². The Morgan fingerprint density at radius 3 is 2.72 bits per heavy atom. The minimum Gasteiger partial charge on any atom is -0.746 e. The van der Waals surface area contributed by atoms with Gasteiger partial charge in [-0.3, -0.25) is 9.36 Å². The molecule has 1 atom stereocenters. The number of phosphoric ester groups is 1. The van der Waals surface area contributed by atoms with Gasteiger partial charge in [-0.1, -0.05) is 46.5 Å². The van der Waals surface area contributed by atoms with Crippen molar-refractivity contribution < 1.29 is 23.3 Å². The molecule has 1 rings (SSSR count). The highest BCUT2D eigenvalue weighted by atomic mass is 32.1. The molecule has 0 aliphatic heterocycles. The van der Waals surface area contributed by atoms with E-state index < -0.39 is 7.82 Å². The molecule has 1 amide bonds. The predicted octanol–water partition coefficient (Wildman–Crippen LogP) is 4.21. The average Bonchev–Trinajstić information content (AvgIpc) is 2.99. The number of rotatable bonds is 13. The highest BCUT2D eigenvalue weighted by Crippen LogP contribution is 2.44. The van der Waals surface area contributed by atoms with E-state index in [9.17, 15) is 14.3 Å². The lowest BCUT2D eigenvalue weighted by atomic mass is 10.1. The molecule has 0 spiro atoms. The molecule has 0 aromatic carbocycles. The highest BCUT2D eigenvalue weighted by molar-refractivity contribution is 7.46. The van der Waals surface area contributed by atoms with Gasteiger partial charge in [0.1, 0.15) is 0 Å². The lowest BCUT2D eigenvalue weighted by Crippen LogP contribution is -2.27. The van der Waals surface area contributed by atoms with Gasteiger partial charge in [-0.25, -0.2) is 0 Å². The molecule has 8 heteroatoms. The maximum Gasteiger partial charge on any atom is 0.320 e. The fourth-order valence-corrected chi connectivity index (χ4v) is 4.16. The van der Waals surface area contributed by atoms with Gasteiger partial charge in [0.05, 0.1) is 6.61 Å². The molecule has 0 radical (unpaired) electrons. The molecule has 1 aromatic rings. The Kier molecular flexibility index (Phi) is 10.4. The van der Waals surface area contributed by atoms with Crippen molar-refractivity contribution in [1.82, 2.24) is 5.32 Å². The largest absolute Gasteiger partial charge is 0.746 e. The molecular weight excluding hydrogens is 361 g/mol. The fourth-order valence-electron chi connectivity index (χ4n) is 2.26. The molecule has 1 unspecified atom stereocenters. The number of thiophene rings is 1. The van der Waals surface area contributed by atoms with Crippen LogP contribution in [0.5, 0.6) is 5.06 Å². The van der Waals surface area contributed by atoms with E-state index in [1.807, 2.05) is 19.9 Å². The Labute approximate surface area is 154 Å². The van der Waals surface area contributed by atoms with Crippen LogP contribution in [0, 0.1) is 0 Å². The topological polar surface area (TPSA) is 87.7 Å². The predicted molar refractivity (Wildman–Crippen MR) is 99.0 cm³/mol. The Morgan fingerprint density at radius 1 is 1.32 bits per heavy atom. The zero-order valence-corrected chi connectivity index (χ0v) is 17.0. The van der Waals surface area contributed by atoms with Crippen molar-refractivity contribution in [3.05, 3.63) is 17.0 Å². The van der Waals surface area contributed by atoms with Gasteiger partial charge in [0.15, 0.2) is 5.06 Å². The molecule has 1 aromatic heterocycles. The minimum absolute atomic E-state index is 0.0814. The van der Waals surface area contributed by atoms with Crippen LogP contribution >= 0.6 is 19.2 Å². The van der Waals surface area contributed by atoms with Crippen molar-refractivity contribution in [1.29, 1.82) is 0 Å². The number of unbranched alkanes of at least 4 members (excludes halogenated alkanes) is 4. The van der Waals surface area contributed by atoms with Crippen LogP contribution in [0.25, 0.3) is 0 Å². The van der Waals surface area contributed by atoms with Gasteiger partial charge < -0.3 is 19.3 Å². The molecule has 0 aliphatic carbocycles. The molecule has 0 saturated heterocycles. The second-order valence-corrected chi connectivity index (χ2v) is 8.42. The standard InChI is InChI=1S/C17H30NO5PS/c1-4-5-6-7-8-9-16(19)18-11-12-22-24(20,21)23-17-15(14(2)3)10-13-25-17/h10,13-14H,4-9,11-12H2,1-3H3,(H,18,19)(H,20,21)/p-1. The fraction of sp³-hybridized carbons (Fsp3) is 0.706. The van der Waals surface area contributed by atoms with E-state index in [2.05, 4.69) is 12.2 Å². The lowest BCUT2D eigenvalue weighted by Gasteiger charge is -2.23. The Morgan fingerprint density at radius 2 is 2.04 bits per heavy atom. The summed E-state index contributed by atoms with van der Waals surface area (Å²) in [6, 6.07) is 1.84. The summed E-state index contributed by atoms with van der Waals surface area (Å²) in [6.07, 6.45) is 5.86. The second-order valence-electron chi connectivity index (χ2n) is 6.20. The molecule has 0 aliphatic rings. The van der Waals surface area contributed by atoms with E-state index in [1.54, 1.807) is 5.38 Å². The molecule has 0 bridgehead atoms. The van der Waals surface area contributed by atoms with Crippen molar-refractivity contribution >= 4 is 25.1 Å². The Hall–Kier alpha value is -0.880. The van der Waals surface area contributed by atoms with Crippen molar-refractivity contribution in [3.63, 3.8) is 0 Å². The third-order valence-electron chi connectivity index (χ3n) is 3.66. The van der Waals surface area contributed by atoms with E-state index in [4.69, 9.17) is 9.05 Å². The highest BCUT2D eigenvalue weighted by Gasteiger charge is 2.17. The maximum atomic E-state index is 11.9. The van der Waals surface area contributed by atoms with Gasteiger partial charge in [-0.15, -0.1) is 11.3 Å². The van der Waals surface area contributed by atoms with Gasteiger partial charge in [-0.2, -0.15) is 0 Å². The van der Waals surface area contributed by atoms with E-state index in [0.717, 1.165) is 24.8 Å². The van der Waals surface area contributed by atoms with E-state index >= 15 is 0 Å². The summed E-state index contributed by atoms with van der Waals surface area (Å²) in [6.45, 7) is 6.08. The first-order chi connectivity index (χ1) is 11.9. The second kappa shape index (κ2) is 11.7. The first-order valence-electron chi connectivity index (χ1n) is 8.85. The Bertz CT molecular complexity index is 561. The molecule has 1 heterocycles. The summed E-state index contributed by atoms with van der Waals surface area (Å²) in [5.41, 5.74) is 0.834. The number of nitrogens with one attached hydrogen (secondary N) is 1. The van der Waals surface area contributed by atoms with Gasteiger partial charge in [-0.05, 0) is 23.8 Å². The molecular formula is C17H29NO5PS-. The Balaban J connectivity index is 2.22. The first kappa shape index (κ1) is 22.2. The van der Waals surface area contributed by atoms with Crippen LogP contribution in [-0.4, -0.2) is 19.1 Å². The van der Waals surface area contributed by atoms with Gasteiger partial charge in [0.25, 0.3) is 0 Å². The summed E-state index contributed by atoms with van der Waals surface area (Å²) in [5.74, 6) is 0.0833. The number of phosphoric acid groups is 1. The monoisotopic (exact) mass is 390 g/mol. The van der Waals surface area contributed by atoms with E-state index in [0.29, 0.717) is 11.5 Å². The summed E-state index contributed by atoms with van der Waals surface area (Å²) >= 11 is 1.22. The first-order valence-corrected chi connectivity index (χ1v) is 11.2. The normalized spacial score (nSPS) is 13.6. The minimum atomic E-state index is -4.43. The quantitative estimate of drug-likeness (QED) is 0.403. The van der Waals surface area contributed by atoms with Crippen LogP contribution in [0.4, 0.5) is 0 Å². The number of hydrogen-bond acceptors (Lipinski definition) is 6. The SMILES string of the molecule is CCCCCCCC(=O)NCCOP(=O)([O-])Oc1sccc1C(C)C. The number of hydrogen-bond donors (Lipinski definition) is 1. The zero-order valence-electron chi connectivity index (χ0n) is 15.3. The number of carbonyl (C=O) groups excluding carboxylic acids is 1. The molecule has 144 valence electrons. The third kappa shape index (κ3) is 9.40. The number of carbonyl (C=O) groups is 1. The van der Waals surface area contributed by atoms with E-state index in [-0.39, 0.29) is 25.0 Å². The van der Waals surface area contributed by atoms with Crippen molar-refractivity contribution in [2.24, 2.45) is 0 Å². The molecule has 25 heavy (non-hydrogen) atoms. The summed E-state index contributed by atoms with van der Waals surface area (Å²) in [4.78, 5) is 23.5. The lowest BCUT2D eigenvalue weighted by molar-refractivity contribution is -0.216. The molecule has 6 nitrogen and oxygen atoms in total. The average molecular weight is 390 g/mol. The molecule has 0 fully saturated rings. The summed E-state index contributed by atoms with van der Waals surface area (Å²) < 4.78 is 21.7. The molecule has 0 saturated carbocycles. The van der Waals surface area contributed by atoms with Crippen LogP contribution in [0.3, 0.4) is 0 Å². The van der Waals surface area contributed by atoms with Crippen LogP contribution in [-0.2, 0) is 13.9 Å². The third-order valence-corrected chi connectivity index (χ3v) is 5.49. The van der Waals surface area contributed by atoms with Gasteiger partial charge in [0.2, 0.25) is 5.91 Å². The van der Waals surface area contributed by atoms with Gasteiger partial charge >= 0.3 is 7.82 Å². The van der Waals surface area contributed by atoms with Crippen molar-refractivity contribution in [3.8, 4) is 5.06 Å². The van der Waals surface area contributed by atoms with E-state index in [1.165, 1.54) is 24.2 Å². The van der Waals surface area contributed by atoms with Crippen molar-refractivity contribution in [2.45, 2.75) is 65.2 Å². The zero-order chi connectivity index (χ0) is 18.7. The van der Waals surface area contributed by atoms with Crippen LogP contribution < -0.4 is 14.7 Å². The van der Waals surface area contributed by atoms with Crippen LogP contribution in [0.1, 0.15) is 70.8 Å². The number of amides is 1. The van der Waals surface area contributed by atoms with Crippen LogP contribution in [0.2, 0.25) is 0 Å². The summed E-state index contributed by atoms with van der Waals surface area (Å²) in [5, 5.41) is 4.78. The van der Waals surface area contributed by atoms with Crippen molar-refractivity contribution in [2.75, 3.05) is 13.2 Å². The maximum absolute atomic E-state index is 11.9. The molecule has 1 N–H and O–H groups in total. The summed E-state index contributed by atoms with van der Waals surface area (Å²) in [7, 11) is -4.43. The van der Waals surface area contributed by atoms with Gasteiger partial charge in [0, 0.05) is 18.5 Å².